The Morgan fingerprint density at radius 1 is 0.972 bits per heavy atom. The SMILES string of the molecule is CCCOC(C(=O)O)P(=O)(O)OC(C)CCCCCCCCSCCC(CCC)c1ccc(Cl)cc1. The number of thioether (sulfide) groups is 1. The van der Waals surface area contributed by atoms with Crippen LogP contribution in [0.5, 0.6) is 0 Å². The first-order valence-electron chi connectivity index (χ1n) is 13.4. The summed E-state index contributed by atoms with van der Waals surface area (Å²) in [7, 11) is -4.38. The summed E-state index contributed by atoms with van der Waals surface area (Å²) in [5.74, 6) is -0.299. The molecule has 9 heteroatoms. The van der Waals surface area contributed by atoms with Crippen LogP contribution in [0.15, 0.2) is 24.3 Å². The van der Waals surface area contributed by atoms with E-state index in [0.717, 1.165) is 24.3 Å². The lowest BCUT2D eigenvalue weighted by Gasteiger charge is -2.22. The summed E-state index contributed by atoms with van der Waals surface area (Å²) in [5.41, 5.74) is 1.40. The van der Waals surface area contributed by atoms with Gasteiger partial charge in [-0.05, 0) is 74.1 Å². The van der Waals surface area contributed by atoms with Gasteiger partial charge >= 0.3 is 13.6 Å². The highest BCUT2D eigenvalue weighted by atomic mass is 35.5. The van der Waals surface area contributed by atoms with Gasteiger partial charge in [0.2, 0.25) is 0 Å². The van der Waals surface area contributed by atoms with Crippen LogP contribution in [-0.2, 0) is 18.6 Å². The highest BCUT2D eigenvalue weighted by Gasteiger charge is 2.41. The van der Waals surface area contributed by atoms with E-state index in [1.54, 1.807) is 13.8 Å². The van der Waals surface area contributed by atoms with E-state index in [-0.39, 0.29) is 6.61 Å². The van der Waals surface area contributed by atoms with Crippen molar-refractivity contribution < 1.29 is 28.6 Å². The number of ether oxygens (including phenoxy) is 1. The normalized spacial score (nSPS) is 15.8. The van der Waals surface area contributed by atoms with Gasteiger partial charge in [0.15, 0.2) is 0 Å². The Balaban J connectivity index is 2.11. The van der Waals surface area contributed by atoms with E-state index < -0.39 is 25.5 Å². The zero-order valence-electron chi connectivity index (χ0n) is 22.2. The number of unbranched alkanes of at least 4 members (excludes halogenated alkanes) is 5. The first kappa shape index (κ1) is 33.5. The van der Waals surface area contributed by atoms with E-state index in [2.05, 4.69) is 19.1 Å². The summed E-state index contributed by atoms with van der Waals surface area (Å²) >= 11 is 8.07. The Morgan fingerprint density at radius 3 is 2.22 bits per heavy atom. The minimum Gasteiger partial charge on any atom is -0.479 e. The van der Waals surface area contributed by atoms with Crippen molar-refractivity contribution in [3.05, 3.63) is 34.9 Å². The summed E-state index contributed by atoms with van der Waals surface area (Å²) in [6.07, 6.45) is 11.0. The van der Waals surface area contributed by atoms with E-state index in [0.29, 0.717) is 18.8 Å². The van der Waals surface area contributed by atoms with E-state index in [4.69, 9.17) is 20.9 Å². The summed E-state index contributed by atoms with van der Waals surface area (Å²) in [4.78, 5) is 21.3. The van der Waals surface area contributed by atoms with Crippen molar-refractivity contribution in [2.75, 3.05) is 18.1 Å². The first-order valence-corrected chi connectivity index (χ1v) is 16.6. The van der Waals surface area contributed by atoms with Crippen LogP contribution in [0.1, 0.15) is 103 Å². The molecule has 0 aliphatic rings. The average Bonchev–Trinajstić information content (AvgIpc) is 2.82. The molecule has 0 heterocycles. The number of carbonyl (C=O) groups is 1. The fourth-order valence-corrected chi connectivity index (χ4v) is 6.63. The highest BCUT2D eigenvalue weighted by molar-refractivity contribution is 7.99. The quantitative estimate of drug-likeness (QED) is 0.108. The average molecular weight is 565 g/mol. The van der Waals surface area contributed by atoms with Crippen LogP contribution < -0.4 is 0 Å². The van der Waals surface area contributed by atoms with Gasteiger partial charge in [-0.3, -0.25) is 4.57 Å². The van der Waals surface area contributed by atoms with Crippen molar-refractivity contribution in [3.63, 3.8) is 0 Å². The molecule has 0 aliphatic carbocycles. The fourth-order valence-electron chi connectivity index (χ4n) is 4.13. The molecule has 2 N–H and O–H groups in total. The van der Waals surface area contributed by atoms with Crippen LogP contribution in [-0.4, -0.2) is 46.0 Å². The van der Waals surface area contributed by atoms with Crippen LogP contribution in [0.3, 0.4) is 0 Å². The van der Waals surface area contributed by atoms with Crippen molar-refractivity contribution in [1.29, 1.82) is 0 Å². The molecule has 4 atom stereocenters. The Bertz CT molecular complexity index is 763. The molecule has 0 radical (unpaired) electrons. The van der Waals surface area contributed by atoms with E-state index >= 15 is 0 Å². The number of aliphatic carboxylic acids is 1. The molecule has 6 nitrogen and oxygen atoms in total. The smallest absolute Gasteiger partial charge is 0.368 e. The molecule has 0 saturated heterocycles. The summed E-state index contributed by atoms with van der Waals surface area (Å²) < 4.78 is 22.6. The Labute approximate surface area is 227 Å². The fraction of sp³-hybridized carbons (Fsp3) is 0.741. The van der Waals surface area contributed by atoms with Crippen molar-refractivity contribution in [2.45, 2.75) is 109 Å². The molecule has 0 fully saturated rings. The topological polar surface area (TPSA) is 93.1 Å². The molecule has 4 unspecified atom stereocenters. The van der Waals surface area contributed by atoms with Crippen molar-refractivity contribution in [3.8, 4) is 0 Å². The van der Waals surface area contributed by atoms with Gasteiger partial charge in [0.1, 0.15) is 0 Å². The zero-order valence-corrected chi connectivity index (χ0v) is 24.7. The van der Waals surface area contributed by atoms with Gasteiger partial charge in [-0.15, -0.1) is 0 Å². The third-order valence-corrected chi connectivity index (χ3v) is 9.04. The predicted molar refractivity (Wildman–Crippen MR) is 151 cm³/mol. The molecule has 0 saturated carbocycles. The number of hydrogen-bond donors (Lipinski definition) is 2. The monoisotopic (exact) mass is 564 g/mol. The second kappa shape index (κ2) is 19.5. The first-order chi connectivity index (χ1) is 17.2. The minimum atomic E-state index is -4.38. The maximum atomic E-state index is 12.3. The Kier molecular flexibility index (Phi) is 18.1. The second-order valence-corrected chi connectivity index (χ2v) is 12.9. The van der Waals surface area contributed by atoms with Gasteiger partial charge in [-0.2, -0.15) is 11.8 Å². The lowest BCUT2D eigenvalue weighted by atomic mass is 9.92. The van der Waals surface area contributed by atoms with Gasteiger partial charge in [0, 0.05) is 11.6 Å². The van der Waals surface area contributed by atoms with Crippen LogP contribution >= 0.6 is 31.0 Å². The molecule has 0 bridgehead atoms. The molecule has 208 valence electrons. The molecule has 0 amide bonds. The number of hydrogen-bond acceptors (Lipinski definition) is 5. The van der Waals surface area contributed by atoms with E-state index in [9.17, 15) is 19.4 Å². The van der Waals surface area contributed by atoms with Crippen LogP contribution in [0.4, 0.5) is 0 Å². The lowest BCUT2D eigenvalue weighted by Crippen LogP contribution is -2.27. The largest absolute Gasteiger partial charge is 0.479 e. The summed E-state index contributed by atoms with van der Waals surface area (Å²) in [6, 6.07) is 8.31. The molecule has 0 aliphatic heterocycles. The van der Waals surface area contributed by atoms with Gasteiger partial charge < -0.3 is 19.3 Å². The van der Waals surface area contributed by atoms with Crippen molar-refractivity contribution in [1.82, 2.24) is 0 Å². The third-order valence-electron chi connectivity index (χ3n) is 6.06. The highest BCUT2D eigenvalue weighted by Crippen LogP contribution is 2.49. The maximum absolute atomic E-state index is 12.3. The van der Waals surface area contributed by atoms with Crippen LogP contribution in [0.25, 0.3) is 0 Å². The molecule has 0 aromatic heterocycles. The number of carboxylic acids is 1. The van der Waals surface area contributed by atoms with Gasteiger partial charge in [-0.1, -0.05) is 76.1 Å². The predicted octanol–water partition coefficient (Wildman–Crippen LogP) is 8.51. The lowest BCUT2D eigenvalue weighted by molar-refractivity contribution is -0.146. The molecule has 36 heavy (non-hydrogen) atoms. The maximum Gasteiger partial charge on any atom is 0.368 e. The molecule has 1 rings (SSSR count). The molecule has 0 spiro atoms. The van der Waals surface area contributed by atoms with E-state index in [1.807, 2.05) is 23.9 Å². The van der Waals surface area contributed by atoms with Crippen LogP contribution in [0, 0.1) is 0 Å². The Morgan fingerprint density at radius 2 is 1.61 bits per heavy atom. The molecular weight excluding hydrogens is 519 g/mol. The van der Waals surface area contributed by atoms with Crippen molar-refractivity contribution >= 4 is 36.9 Å². The van der Waals surface area contributed by atoms with Gasteiger partial charge in [0.05, 0.1) is 6.10 Å². The number of benzene rings is 1. The number of carboxylic acid groups (broad SMARTS) is 1. The second-order valence-electron chi connectivity index (χ2n) is 9.39. The molecule has 1 aromatic carbocycles. The summed E-state index contributed by atoms with van der Waals surface area (Å²) in [6.45, 7) is 5.85. The third kappa shape index (κ3) is 14.4. The minimum absolute atomic E-state index is 0.0978. The summed E-state index contributed by atoms with van der Waals surface area (Å²) in [5, 5.41) is 9.97. The molecular formula is C27H46ClO6PS. The zero-order chi connectivity index (χ0) is 26.8. The van der Waals surface area contributed by atoms with Crippen molar-refractivity contribution in [2.24, 2.45) is 0 Å². The number of rotatable bonds is 22. The Hall–Kier alpha value is -0.560. The van der Waals surface area contributed by atoms with Gasteiger partial charge in [-0.25, -0.2) is 4.79 Å². The van der Waals surface area contributed by atoms with Gasteiger partial charge in [0.25, 0.3) is 5.85 Å². The number of halogens is 1. The van der Waals surface area contributed by atoms with Crippen LogP contribution in [0.2, 0.25) is 5.02 Å². The molecule has 1 aromatic rings. The standard InChI is InChI=1S/C27H46ClO6PS/c1-4-12-23(24-14-16-25(28)17-15-24)18-21-36-20-11-9-7-6-8-10-13-22(3)34-35(31,32)27(26(29)30)33-19-5-2/h14-17,22-23,27H,4-13,18-21H2,1-3H3,(H,29,30)(H,31,32). The van der Waals surface area contributed by atoms with E-state index in [1.165, 1.54) is 55.6 Å².